The molecule has 0 radical (unpaired) electrons. The second-order valence-corrected chi connectivity index (χ2v) is 4.10. The Morgan fingerprint density at radius 2 is 2.08 bits per heavy atom. The van der Waals surface area contributed by atoms with Crippen LogP contribution in [0.4, 0.5) is 0 Å². The van der Waals surface area contributed by atoms with Crippen LogP contribution in [-0.2, 0) is 6.42 Å². The topological polar surface area (TPSA) is 46.2 Å². The van der Waals surface area contributed by atoms with Crippen molar-refractivity contribution >= 4 is 23.2 Å². The molecule has 0 amide bonds. The first kappa shape index (κ1) is 9.28. The first-order valence-electron chi connectivity index (χ1n) is 4.01. The maximum atomic E-state index is 9.51. The van der Waals surface area contributed by atoms with Crippen molar-refractivity contribution in [2.24, 2.45) is 5.73 Å². The van der Waals surface area contributed by atoms with E-state index in [1.807, 2.05) is 0 Å². The van der Waals surface area contributed by atoms with E-state index in [9.17, 15) is 5.11 Å². The highest BCUT2D eigenvalue weighted by atomic mass is 35.5. The summed E-state index contributed by atoms with van der Waals surface area (Å²) in [5, 5.41) is 10.7. The Balaban J connectivity index is 2.57. The molecule has 0 aliphatic heterocycles. The fourth-order valence-electron chi connectivity index (χ4n) is 1.68. The van der Waals surface area contributed by atoms with Gasteiger partial charge in [0.05, 0.1) is 12.1 Å². The summed E-state index contributed by atoms with van der Waals surface area (Å²) in [7, 11) is 0. The smallest absolute Gasteiger partial charge is 0.0773 e. The van der Waals surface area contributed by atoms with Crippen molar-refractivity contribution in [2.45, 2.75) is 18.6 Å². The Kier molecular flexibility index (Phi) is 2.24. The van der Waals surface area contributed by atoms with E-state index >= 15 is 0 Å². The lowest BCUT2D eigenvalue weighted by Gasteiger charge is -2.08. The second-order valence-electron chi connectivity index (χ2n) is 3.25. The van der Waals surface area contributed by atoms with E-state index in [1.54, 1.807) is 12.1 Å². The van der Waals surface area contributed by atoms with E-state index in [0.29, 0.717) is 16.5 Å². The van der Waals surface area contributed by atoms with Gasteiger partial charge in [0.25, 0.3) is 0 Å². The van der Waals surface area contributed by atoms with E-state index < -0.39 is 6.10 Å². The van der Waals surface area contributed by atoms with Crippen molar-refractivity contribution in [3.05, 3.63) is 33.3 Å². The zero-order chi connectivity index (χ0) is 9.59. The summed E-state index contributed by atoms with van der Waals surface area (Å²) in [5.41, 5.74) is 7.55. The van der Waals surface area contributed by atoms with E-state index in [1.165, 1.54) is 0 Å². The van der Waals surface area contributed by atoms with Gasteiger partial charge in [-0.2, -0.15) is 0 Å². The van der Waals surface area contributed by atoms with Crippen LogP contribution in [-0.4, -0.2) is 11.2 Å². The van der Waals surface area contributed by atoms with Gasteiger partial charge in [-0.25, -0.2) is 0 Å². The van der Waals surface area contributed by atoms with Gasteiger partial charge in [-0.3, -0.25) is 0 Å². The molecule has 0 aromatic heterocycles. The summed E-state index contributed by atoms with van der Waals surface area (Å²) in [4.78, 5) is 0. The van der Waals surface area contributed by atoms with Crippen LogP contribution in [0.25, 0.3) is 0 Å². The van der Waals surface area contributed by atoms with Gasteiger partial charge in [0.1, 0.15) is 0 Å². The van der Waals surface area contributed by atoms with E-state index in [-0.39, 0.29) is 6.04 Å². The summed E-state index contributed by atoms with van der Waals surface area (Å²) in [6, 6.07) is 3.09. The number of aliphatic hydroxyl groups excluding tert-OH is 1. The molecule has 1 aliphatic carbocycles. The third-order valence-corrected chi connectivity index (χ3v) is 2.94. The zero-order valence-corrected chi connectivity index (χ0v) is 8.31. The van der Waals surface area contributed by atoms with Gasteiger partial charge >= 0.3 is 0 Å². The summed E-state index contributed by atoms with van der Waals surface area (Å²) in [6.45, 7) is 0. The number of aliphatic hydroxyl groups is 1. The van der Waals surface area contributed by atoms with Crippen molar-refractivity contribution in [3.8, 4) is 0 Å². The third-order valence-electron chi connectivity index (χ3n) is 2.38. The van der Waals surface area contributed by atoms with Crippen LogP contribution in [0.15, 0.2) is 12.1 Å². The molecular formula is C9H9Cl2NO. The maximum Gasteiger partial charge on any atom is 0.0773 e. The number of benzene rings is 1. The van der Waals surface area contributed by atoms with Crippen LogP contribution in [0.3, 0.4) is 0 Å². The van der Waals surface area contributed by atoms with Crippen LogP contribution in [0.5, 0.6) is 0 Å². The number of nitrogens with two attached hydrogens (primary N) is 1. The van der Waals surface area contributed by atoms with Gasteiger partial charge < -0.3 is 10.8 Å². The average molecular weight is 218 g/mol. The summed E-state index contributed by atoms with van der Waals surface area (Å²) in [6.07, 6.45) is -0.0158. The normalized spacial score (nSPS) is 26.2. The van der Waals surface area contributed by atoms with Crippen LogP contribution >= 0.6 is 23.2 Å². The quantitative estimate of drug-likeness (QED) is 0.698. The second kappa shape index (κ2) is 3.14. The minimum Gasteiger partial charge on any atom is -0.391 e. The Morgan fingerprint density at radius 3 is 2.77 bits per heavy atom. The molecule has 70 valence electrons. The molecule has 0 heterocycles. The van der Waals surface area contributed by atoms with E-state index in [0.717, 1.165) is 11.1 Å². The first-order chi connectivity index (χ1) is 6.09. The van der Waals surface area contributed by atoms with Gasteiger partial charge in [0.15, 0.2) is 0 Å². The van der Waals surface area contributed by atoms with E-state index in [4.69, 9.17) is 28.9 Å². The molecule has 0 unspecified atom stereocenters. The molecule has 3 N–H and O–H groups in total. The summed E-state index contributed by atoms with van der Waals surface area (Å²) < 4.78 is 0. The third kappa shape index (κ3) is 1.44. The minimum atomic E-state index is -0.536. The summed E-state index contributed by atoms with van der Waals surface area (Å²) in [5.74, 6) is 0. The van der Waals surface area contributed by atoms with Gasteiger partial charge in [0.2, 0.25) is 0 Å². The number of rotatable bonds is 0. The fraction of sp³-hybridized carbons (Fsp3) is 0.333. The maximum absolute atomic E-state index is 9.51. The largest absolute Gasteiger partial charge is 0.391 e. The standard InChI is InChI=1S/C9H9Cl2NO/c10-4-1-6-5(7(11)2-4)3-8(13)9(6)12/h1-2,8-9,13H,3,12H2/t8-,9-/m1/s1. The highest BCUT2D eigenvalue weighted by molar-refractivity contribution is 6.35. The molecule has 4 heteroatoms. The molecule has 0 saturated heterocycles. The molecule has 2 rings (SSSR count). The zero-order valence-electron chi connectivity index (χ0n) is 6.80. The number of hydrogen-bond donors (Lipinski definition) is 2. The fourth-order valence-corrected chi connectivity index (χ4v) is 2.27. The molecule has 0 fully saturated rings. The molecule has 0 bridgehead atoms. The first-order valence-corrected chi connectivity index (χ1v) is 4.76. The molecule has 1 aliphatic rings. The number of hydrogen-bond acceptors (Lipinski definition) is 2. The Hall–Kier alpha value is -0.280. The Bertz CT molecular complexity index is 354. The van der Waals surface area contributed by atoms with Crippen molar-refractivity contribution in [3.63, 3.8) is 0 Å². The Morgan fingerprint density at radius 1 is 1.38 bits per heavy atom. The van der Waals surface area contributed by atoms with Crippen molar-refractivity contribution in [1.29, 1.82) is 0 Å². The van der Waals surface area contributed by atoms with Crippen LogP contribution in [0, 0.1) is 0 Å². The highest BCUT2D eigenvalue weighted by Crippen LogP contribution is 2.36. The van der Waals surface area contributed by atoms with Crippen LogP contribution < -0.4 is 5.73 Å². The van der Waals surface area contributed by atoms with Crippen LogP contribution in [0.1, 0.15) is 17.2 Å². The lowest BCUT2D eigenvalue weighted by Crippen LogP contribution is -2.21. The van der Waals surface area contributed by atoms with Gasteiger partial charge in [-0.05, 0) is 23.3 Å². The molecule has 13 heavy (non-hydrogen) atoms. The predicted octanol–water partition coefficient (Wildman–Crippen LogP) is 1.91. The molecule has 0 saturated carbocycles. The summed E-state index contributed by atoms with van der Waals surface area (Å²) >= 11 is 11.8. The van der Waals surface area contributed by atoms with Crippen molar-refractivity contribution < 1.29 is 5.11 Å². The number of fused-ring (bicyclic) bond motifs is 1. The molecule has 2 atom stereocenters. The van der Waals surface area contributed by atoms with Gasteiger partial charge in [0, 0.05) is 16.5 Å². The lowest BCUT2D eigenvalue weighted by molar-refractivity contribution is 0.158. The monoisotopic (exact) mass is 217 g/mol. The van der Waals surface area contributed by atoms with Gasteiger partial charge in [-0.1, -0.05) is 23.2 Å². The lowest BCUT2D eigenvalue weighted by atomic mass is 10.1. The molecule has 2 nitrogen and oxygen atoms in total. The predicted molar refractivity (Wildman–Crippen MR) is 53.1 cm³/mol. The number of halogens is 2. The van der Waals surface area contributed by atoms with Crippen molar-refractivity contribution in [1.82, 2.24) is 0 Å². The molecule has 1 aromatic rings. The van der Waals surface area contributed by atoms with Crippen molar-refractivity contribution in [2.75, 3.05) is 0 Å². The molecule has 0 spiro atoms. The molecule has 1 aromatic carbocycles. The SMILES string of the molecule is N[C@@H]1c2cc(Cl)cc(Cl)c2C[C@H]1O. The van der Waals surface area contributed by atoms with Crippen LogP contribution in [0.2, 0.25) is 10.0 Å². The van der Waals surface area contributed by atoms with E-state index in [2.05, 4.69) is 0 Å². The minimum absolute atomic E-state index is 0.355. The molecular weight excluding hydrogens is 209 g/mol. The highest BCUT2D eigenvalue weighted by Gasteiger charge is 2.29. The Labute approximate surface area is 86.3 Å². The van der Waals surface area contributed by atoms with Gasteiger partial charge in [-0.15, -0.1) is 0 Å². The average Bonchev–Trinajstić information content (AvgIpc) is 2.32.